The molecule has 96 valence electrons. The number of carbonyl (C=O) groups excluding carboxylic acids is 1. The zero-order valence-corrected chi connectivity index (χ0v) is 10.5. The molecule has 0 atom stereocenters. The lowest BCUT2D eigenvalue weighted by molar-refractivity contribution is -0.0979. The lowest BCUT2D eigenvalue weighted by Crippen LogP contribution is -2.34. The van der Waals surface area contributed by atoms with E-state index in [1.165, 1.54) is 0 Å². The van der Waals surface area contributed by atoms with Crippen LogP contribution in [-0.4, -0.2) is 17.0 Å². The SMILES string of the molecule is C=O.NNC(N)=S.Oc1cccc2ccccc12. The Balaban J connectivity index is 0.000000354. The van der Waals surface area contributed by atoms with Crippen molar-refractivity contribution in [2.45, 2.75) is 0 Å². The number of benzene rings is 2. The topological polar surface area (TPSA) is 101 Å². The van der Waals surface area contributed by atoms with E-state index in [0.717, 1.165) is 10.8 Å². The number of hydrazine groups is 1. The molecule has 0 aliphatic heterocycles. The normalized spacial score (nSPS) is 8.28. The maximum atomic E-state index is 9.37. The highest BCUT2D eigenvalue weighted by Gasteiger charge is 1.94. The van der Waals surface area contributed by atoms with Crippen LogP contribution in [-0.2, 0) is 4.79 Å². The Kier molecular flexibility index (Phi) is 7.83. The van der Waals surface area contributed by atoms with Crippen molar-refractivity contribution in [3.63, 3.8) is 0 Å². The fourth-order valence-electron chi connectivity index (χ4n) is 1.21. The van der Waals surface area contributed by atoms with Crippen LogP contribution in [0.5, 0.6) is 5.75 Å². The number of thiocarbonyl (C=S) groups is 1. The second-order valence-electron chi connectivity index (χ2n) is 3.01. The summed E-state index contributed by atoms with van der Waals surface area (Å²) >= 11 is 4.24. The van der Waals surface area contributed by atoms with E-state index in [9.17, 15) is 5.11 Å². The van der Waals surface area contributed by atoms with Gasteiger partial charge in [0.1, 0.15) is 12.5 Å². The number of phenols is 1. The number of carbonyl (C=O) groups is 1. The number of phenolic OH excluding ortho intramolecular Hbond substituents is 1. The van der Waals surface area contributed by atoms with Gasteiger partial charge in [0.25, 0.3) is 0 Å². The standard InChI is InChI=1S/C10H8O.CH5N3S.CH2O/c11-10-7-3-5-8-4-1-2-6-9(8)10;2-1(5)4-3;1-2/h1-7,11H;3H2,(H3,2,4,5);1H2. The molecule has 0 unspecified atom stereocenters. The highest BCUT2D eigenvalue weighted by molar-refractivity contribution is 7.80. The number of nitrogens with two attached hydrogens (primary N) is 2. The highest BCUT2D eigenvalue weighted by Crippen LogP contribution is 2.22. The second kappa shape index (κ2) is 8.91. The number of hydrogen-bond donors (Lipinski definition) is 4. The van der Waals surface area contributed by atoms with Crippen LogP contribution in [0.4, 0.5) is 0 Å². The molecular formula is C12H15N3O2S. The van der Waals surface area contributed by atoms with Crippen molar-refractivity contribution in [2.75, 3.05) is 0 Å². The largest absolute Gasteiger partial charge is 0.507 e. The average Bonchev–Trinajstić information content (AvgIpc) is 2.42. The fourth-order valence-corrected chi connectivity index (χ4v) is 1.21. The minimum absolute atomic E-state index is 0.116. The zero-order chi connectivity index (χ0) is 14.0. The number of aromatic hydroxyl groups is 1. The van der Waals surface area contributed by atoms with Crippen LogP contribution in [0, 0.1) is 0 Å². The first-order valence-corrected chi connectivity index (χ1v) is 5.27. The van der Waals surface area contributed by atoms with Gasteiger partial charge in [-0.1, -0.05) is 36.4 Å². The number of rotatable bonds is 0. The van der Waals surface area contributed by atoms with Gasteiger partial charge >= 0.3 is 0 Å². The van der Waals surface area contributed by atoms with Crippen LogP contribution in [0.1, 0.15) is 0 Å². The van der Waals surface area contributed by atoms with Crippen LogP contribution in [0.15, 0.2) is 42.5 Å². The third-order valence-electron chi connectivity index (χ3n) is 1.91. The van der Waals surface area contributed by atoms with E-state index in [-0.39, 0.29) is 5.11 Å². The summed E-state index contributed by atoms with van der Waals surface area (Å²) in [6, 6.07) is 13.3. The van der Waals surface area contributed by atoms with Gasteiger partial charge in [0, 0.05) is 5.39 Å². The molecule has 0 saturated heterocycles. The third kappa shape index (κ3) is 5.24. The van der Waals surface area contributed by atoms with Crippen LogP contribution in [0.2, 0.25) is 0 Å². The van der Waals surface area contributed by atoms with Gasteiger partial charge in [-0.25, -0.2) is 5.84 Å². The van der Waals surface area contributed by atoms with Gasteiger partial charge in [-0.15, -0.1) is 0 Å². The molecule has 0 aliphatic carbocycles. The molecule has 0 fully saturated rings. The van der Waals surface area contributed by atoms with Crippen molar-refractivity contribution in [2.24, 2.45) is 11.6 Å². The predicted molar refractivity (Wildman–Crippen MR) is 76.8 cm³/mol. The lowest BCUT2D eigenvalue weighted by atomic mass is 10.1. The Hall–Kier alpha value is -2.18. The molecule has 0 aromatic heterocycles. The summed E-state index contributed by atoms with van der Waals surface area (Å²) in [5, 5.41) is 11.5. The quantitative estimate of drug-likeness (QED) is 0.323. The number of nitrogens with one attached hydrogen (secondary N) is 1. The first kappa shape index (κ1) is 15.8. The van der Waals surface area contributed by atoms with Gasteiger partial charge in [-0.3, -0.25) is 0 Å². The summed E-state index contributed by atoms with van der Waals surface area (Å²) in [6.07, 6.45) is 0. The molecule has 0 heterocycles. The molecule has 6 N–H and O–H groups in total. The van der Waals surface area contributed by atoms with Crippen molar-refractivity contribution in [3.05, 3.63) is 42.5 Å². The monoisotopic (exact) mass is 265 g/mol. The van der Waals surface area contributed by atoms with Crippen molar-refractivity contribution >= 4 is 34.9 Å². The van der Waals surface area contributed by atoms with E-state index >= 15 is 0 Å². The Morgan fingerprint density at radius 3 is 2.17 bits per heavy atom. The van der Waals surface area contributed by atoms with Gasteiger partial charge in [-0.05, 0) is 23.7 Å². The summed E-state index contributed by atoms with van der Waals surface area (Å²) in [5.41, 5.74) is 6.82. The van der Waals surface area contributed by atoms with Gasteiger partial charge in [0.2, 0.25) is 0 Å². The third-order valence-corrected chi connectivity index (χ3v) is 2.03. The van der Waals surface area contributed by atoms with Gasteiger partial charge in [0.05, 0.1) is 0 Å². The van der Waals surface area contributed by atoms with Crippen molar-refractivity contribution < 1.29 is 9.90 Å². The Morgan fingerprint density at radius 1 is 1.17 bits per heavy atom. The van der Waals surface area contributed by atoms with Crippen LogP contribution in [0.25, 0.3) is 10.8 Å². The summed E-state index contributed by atoms with van der Waals surface area (Å²) in [4.78, 5) is 8.00. The lowest BCUT2D eigenvalue weighted by Gasteiger charge is -1.97. The van der Waals surface area contributed by atoms with Gasteiger partial charge in [0.15, 0.2) is 5.11 Å². The van der Waals surface area contributed by atoms with Gasteiger partial charge in [-0.2, -0.15) is 0 Å². The maximum Gasteiger partial charge on any atom is 0.177 e. The fraction of sp³-hybridized carbons (Fsp3) is 0. The van der Waals surface area contributed by atoms with E-state index < -0.39 is 0 Å². The molecule has 6 heteroatoms. The first-order chi connectivity index (χ1) is 8.65. The molecule has 0 amide bonds. The zero-order valence-electron chi connectivity index (χ0n) is 9.67. The Morgan fingerprint density at radius 2 is 1.67 bits per heavy atom. The molecule has 0 radical (unpaired) electrons. The molecule has 18 heavy (non-hydrogen) atoms. The molecule has 0 aliphatic rings. The summed E-state index contributed by atoms with van der Waals surface area (Å²) in [5.74, 6) is 5.01. The minimum Gasteiger partial charge on any atom is -0.507 e. The van der Waals surface area contributed by atoms with Crippen molar-refractivity contribution in [3.8, 4) is 5.75 Å². The molecule has 2 aromatic rings. The van der Waals surface area contributed by atoms with E-state index in [4.69, 9.17) is 10.5 Å². The van der Waals surface area contributed by atoms with Crippen LogP contribution in [0.3, 0.4) is 0 Å². The van der Waals surface area contributed by atoms with E-state index in [1.807, 2.05) is 48.6 Å². The van der Waals surface area contributed by atoms with E-state index in [0.29, 0.717) is 5.75 Å². The number of hydrogen-bond acceptors (Lipinski definition) is 4. The van der Waals surface area contributed by atoms with E-state index in [1.54, 1.807) is 6.07 Å². The molecule has 2 rings (SSSR count). The Labute approximate surface area is 110 Å². The molecule has 5 nitrogen and oxygen atoms in total. The molecule has 2 aromatic carbocycles. The summed E-state index contributed by atoms with van der Waals surface area (Å²) in [6.45, 7) is 2.00. The van der Waals surface area contributed by atoms with Crippen LogP contribution >= 0.6 is 12.2 Å². The molecule has 0 saturated carbocycles. The van der Waals surface area contributed by atoms with Gasteiger partial charge < -0.3 is 21.1 Å². The van der Waals surface area contributed by atoms with Crippen LogP contribution < -0.4 is 17.0 Å². The average molecular weight is 265 g/mol. The minimum atomic E-state index is 0.116. The van der Waals surface area contributed by atoms with E-state index in [2.05, 4.69) is 18.1 Å². The maximum absolute atomic E-state index is 9.37. The predicted octanol–water partition coefficient (Wildman–Crippen LogP) is 1.05. The van der Waals surface area contributed by atoms with Crippen molar-refractivity contribution in [1.82, 2.24) is 5.43 Å². The summed E-state index contributed by atoms with van der Waals surface area (Å²) in [7, 11) is 0. The Bertz CT molecular complexity index is 500. The molecular weight excluding hydrogens is 250 g/mol. The van der Waals surface area contributed by atoms with Crippen molar-refractivity contribution in [1.29, 1.82) is 0 Å². The smallest absolute Gasteiger partial charge is 0.177 e. The molecule has 0 bridgehead atoms. The summed E-state index contributed by atoms with van der Waals surface area (Å²) < 4.78 is 0. The highest BCUT2D eigenvalue weighted by atomic mass is 32.1. The second-order valence-corrected chi connectivity index (χ2v) is 3.45. The number of fused-ring (bicyclic) bond motifs is 1. The first-order valence-electron chi connectivity index (χ1n) is 4.87. The molecule has 0 spiro atoms.